The molecule has 0 aliphatic carbocycles. The Kier molecular flexibility index (Phi) is 3.87. The summed E-state index contributed by atoms with van der Waals surface area (Å²) >= 11 is 0. The van der Waals surface area contributed by atoms with Crippen LogP contribution in [0.2, 0.25) is 0 Å². The van der Waals surface area contributed by atoms with E-state index >= 15 is 0 Å². The molecule has 0 spiro atoms. The van der Waals surface area contributed by atoms with Gasteiger partial charge in [0.05, 0.1) is 6.10 Å². The average molecular weight is 249 g/mol. The first-order chi connectivity index (χ1) is 8.58. The highest BCUT2D eigenvalue weighted by Gasteiger charge is 2.27. The van der Waals surface area contributed by atoms with E-state index in [1.54, 1.807) is 30.0 Å². The molecule has 1 amide bonds. The number of hydrogen-bond donors (Lipinski definition) is 2. The predicted molar refractivity (Wildman–Crippen MR) is 68.4 cm³/mol. The summed E-state index contributed by atoms with van der Waals surface area (Å²) in [6.07, 6.45) is 1.49. The van der Waals surface area contributed by atoms with Crippen molar-refractivity contribution in [2.45, 2.75) is 25.9 Å². The number of amides is 1. The van der Waals surface area contributed by atoms with E-state index in [0.29, 0.717) is 12.1 Å². The van der Waals surface area contributed by atoms with Gasteiger partial charge in [0.1, 0.15) is 5.75 Å². The van der Waals surface area contributed by atoms with Crippen LogP contribution in [0.5, 0.6) is 5.75 Å². The minimum absolute atomic E-state index is 0.0729. The van der Waals surface area contributed by atoms with E-state index < -0.39 is 0 Å². The second kappa shape index (κ2) is 5.40. The third-order valence-electron chi connectivity index (χ3n) is 3.52. The lowest BCUT2D eigenvalue weighted by Crippen LogP contribution is -2.42. The number of phenols is 1. The number of hydrogen-bond acceptors (Lipinski definition) is 3. The Bertz CT molecular complexity index is 431. The van der Waals surface area contributed by atoms with Crippen LogP contribution in [-0.4, -0.2) is 40.2 Å². The second-order valence-electron chi connectivity index (χ2n) is 4.94. The van der Waals surface area contributed by atoms with Crippen molar-refractivity contribution in [2.75, 3.05) is 13.1 Å². The molecule has 4 heteroatoms. The maximum Gasteiger partial charge on any atom is 0.253 e. The molecule has 1 aliphatic heterocycles. The first-order valence-corrected chi connectivity index (χ1v) is 6.34. The Morgan fingerprint density at radius 1 is 1.50 bits per heavy atom. The lowest BCUT2D eigenvalue weighted by Gasteiger charge is -2.34. The number of nitrogens with zero attached hydrogens (tertiary/aromatic N) is 1. The lowest BCUT2D eigenvalue weighted by atomic mass is 9.93. The minimum Gasteiger partial charge on any atom is -0.508 e. The standard InChI is InChI=1S/C14H19NO3/c1-10(16)12-5-3-7-15(9-12)14(18)11-4-2-6-13(17)8-11/h2,4,6,8,10,12,16-17H,3,5,7,9H2,1H3. The summed E-state index contributed by atoms with van der Waals surface area (Å²) in [6.45, 7) is 3.08. The van der Waals surface area contributed by atoms with E-state index in [9.17, 15) is 15.0 Å². The number of carbonyl (C=O) groups is 1. The van der Waals surface area contributed by atoms with Gasteiger partial charge in [-0.3, -0.25) is 4.79 Å². The maximum absolute atomic E-state index is 12.3. The third-order valence-corrected chi connectivity index (χ3v) is 3.52. The van der Waals surface area contributed by atoms with E-state index in [4.69, 9.17) is 0 Å². The molecular formula is C14H19NO3. The van der Waals surface area contributed by atoms with Crippen LogP contribution in [0.1, 0.15) is 30.1 Å². The Morgan fingerprint density at radius 2 is 2.28 bits per heavy atom. The Morgan fingerprint density at radius 3 is 2.94 bits per heavy atom. The number of rotatable bonds is 2. The summed E-state index contributed by atoms with van der Waals surface area (Å²) in [5.74, 6) is 0.182. The van der Waals surface area contributed by atoms with Crippen molar-refractivity contribution in [3.05, 3.63) is 29.8 Å². The first kappa shape index (κ1) is 12.9. The third kappa shape index (κ3) is 2.82. The van der Waals surface area contributed by atoms with Crippen molar-refractivity contribution >= 4 is 5.91 Å². The van der Waals surface area contributed by atoms with Crippen LogP contribution < -0.4 is 0 Å². The van der Waals surface area contributed by atoms with Gasteiger partial charge in [-0.1, -0.05) is 6.07 Å². The minimum atomic E-state index is -0.384. The molecule has 0 bridgehead atoms. The van der Waals surface area contributed by atoms with Gasteiger partial charge in [0.2, 0.25) is 0 Å². The van der Waals surface area contributed by atoms with Crippen molar-refractivity contribution in [1.82, 2.24) is 4.90 Å². The first-order valence-electron chi connectivity index (χ1n) is 6.34. The normalized spacial score (nSPS) is 21.7. The number of benzene rings is 1. The van der Waals surface area contributed by atoms with Crippen LogP contribution >= 0.6 is 0 Å². The molecule has 1 aromatic carbocycles. The molecule has 0 radical (unpaired) electrons. The molecule has 1 saturated heterocycles. The van der Waals surface area contributed by atoms with Gasteiger partial charge in [0.25, 0.3) is 5.91 Å². The van der Waals surface area contributed by atoms with Crippen LogP contribution in [0, 0.1) is 5.92 Å². The molecular weight excluding hydrogens is 230 g/mol. The van der Waals surface area contributed by atoms with Gasteiger partial charge in [0, 0.05) is 24.6 Å². The Hall–Kier alpha value is -1.55. The van der Waals surface area contributed by atoms with Crippen LogP contribution in [0.4, 0.5) is 0 Å². The van der Waals surface area contributed by atoms with Crippen molar-refractivity contribution in [1.29, 1.82) is 0 Å². The smallest absolute Gasteiger partial charge is 0.253 e. The van der Waals surface area contributed by atoms with Crippen LogP contribution in [-0.2, 0) is 0 Å². The van der Waals surface area contributed by atoms with Crippen molar-refractivity contribution in [2.24, 2.45) is 5.92 Å². The van der Waals surface area contributed by atoms with Crippen molar-refractivity contribution in [3.63, 3.8) is 0 Å². The number of carbonyl (C=O) groups excluding carboxylic acids is 1. The van der Waals surface area contributed by atoms with Crippen molar-refractivity contribution < 1.29 is 15.0 Å². The number of piperidine rings is 1. The van der Waals surface area contributed by atoms with Crippen LogP contribution in [0.3, 0.4) is 0 Å². The number of aliphatic hydroxyl groups excluding tert-OH is 1. The Labute approximate surface area is 107 Å². The number of aromatic hydroxyl groups is 1. The summed E-state index contributed by atoms with van der Waals surface area (Å²) in [7, 11) is 0. The van der Waals surface area contributed by atoms with Gasteiger partial charge < -0.3 is 15.1 Å². The predicted octanol–water partition coefficient (Wildman–Crippen LogP) is 1.63. The van der Waals surface area contributed by atoms with Gasteiger partial charge in [-0.15, -0.1) is 0 Å². The van der Waals surface area contributed by atoms with Gasteiger partial charge in [0.15, 0.2) is 0 Å². The monoisotopic (exact) mass is 249 g/mol. The number of likely N-dealkylation sites (tertiary alicyclic amines) is 1. The van der Waals surface area contributed by atoms with Gasteiger partial charge in [-0.05, 0) is 38.0 Å². The molecule has 2 atom stereocenters. The molecule has 2 N–H and O–H groups in total. The molecule has 2 rings (SSSR count). The lowest BCUT2D eigenvalue weighted by molar-refractivity contribution is 0.0466. The van der Waals surface area contributed by atoms with Crippen molar-refractivity contribution in [3.8, 4) is 5.75 Å². The number of aliphatic hydroxyl groups is 1. The zero-order valence-corrected chi connectivity index (χ0v) is 10.5. The highest BCUT2D eigenvalue weighted by atomic mass is 16.3. The summed E-state index contributed by atoms with van der Waals surface area (Å²) < 4.78 is 0. The molecule has 4 nitrogen and oxygen atoms in total. The summed E-state index contributed by atoms with van der Waals surface area (Å²) in [4.78, 5) is 14.0. The maximum atomic E-state index is 12.3. The molecule has 0 aromatic heterocycles. The van der Waals surface area contributed by atoms with E-state index in [1.807, 2.05) is 0 Å². The van der Waals surface area contributed by atoms with E-state index in [0.717, 1.165) is 19.4 Å². The van der Waals surface area contributed by atoms with E-state index in [1.165, 1.54) is 6.07 Å². The average Bonchev–Trinajstić information content (AvgIpc) is 2.38. The summed E-state index contributed by atoms with van der Waals surface area (Å²) in [5, 5.41) is 19.0. The summed E-state index contributed by atoms with van der Waals surface area (Å²) in [5.41, 5.74) is 0.501. The molecule has 1 aromatic rings. The quantitative estimate of drug-likeness (QED) is 0.837. The fraction of sp³-hybridized carbons (Fsp3) is 0.500. The largest absolute Gasteiger partial charge is 0.508 e. The zero-order valence-electron chi connectivity index (χ0n) is 10.5. The zero-order chi connectivity index (χ0) is 13.1. The highest BCUT2D eigenvalue weighted by Crippen LogP contribution is 2.22. The van der Waals surface area contributed by atoms with E-state index in [-0.39, 0.29) is 23.7 Å². The number of phenolic OH excluding ortho intramolecular Hbond substituents is 1. The fourth-order valence-electron chi connectivity index (χ4n) is 2.41. The van der Waals surface area contributed by atoms with Crippen LogP contribution in [0.25, 0.3) is 0 Å². The van der Waals surface area contributed by atoms with Gasteiger partial charge in [-0.25, -0.2) is 0 Å². The van der Waals surface area contributed by atoms with Gasteiger partial charge >= 0.3 is 0 Å². The highest BCUT2D eigenvalue weighted by molar-refractivity contribution is 5.94. The molecule has 98 valence electrons. The Balaban J connectivity index is 2.09. The molecule has 2 unspecified atom stereocenters. The molecule has 1 heterocycles. The fourth-order valence-corrected chi connectivity index (χ4v) is 2.41. The van der Waals surface area contributed by atoms with Crippen LogP contribution in [0.15, 0.2) is 24.3 Å². The molecule has 1 fully saturated rings. The van der Waals surface area contributed by atoms with E-state index in [2.05, 4.69) is 0 Å². The molecule has 0 saturated carbocycles. The second-order valence-corrected chi connectivity index (χ2v) is 4.94. The topological polar surface area (TPSA) is 60.8 Å². The molecule has 1 aliphatic rings. The molecule has 18 heavy (non-hydrogen) atoms. The van der Waals surface area contributed by atoms with Gasteiger partial charge in [-0.2, -0.15) is 0 Å². The summed E-state index contributed by atoms with van der Waals surface area (Å²) in [6, 6.07) is 6.40. The SMILES string of the molecule is CC(O)C1CCCN(C(=O)c2cccc(O)c2)C1.